The lowest BCUT2D eigenvalue weighted by Gasteiger charge is -2.31. The van der Waals surface area contributed by atoms with Crippen molar-refractivity contribution >= 4 is 11.7 Å². The fourth-order valence-corrected chi connectivity index (χ4v) is 3.25. The van der Waals surface area contributed by atoms with E-state index in [0.717, 1.165) is 36.9 Å². The van der Waals surface area contributed by atoms with Crippen molar-refractivity contribution in [1.29, 1.82) is 0 Å². The third-order valence-corrected chi connectivity index (χ3v) is 4.55. The van der Waals surface area contributed by atoms with Gasteiger partial charge >= 0.3 is 6.03 Å². The fraction of sp³-hybridized carbons (Fsp3) is 0.632. The van der Waals surface area contributed by atoms with E-state index in [1.165, 1.54) is 0 Å². The summed E-state index contributed by atoms with van der Waals surface area (Å²) in [7, 11) is 1.80. The average Bonchev–Trinajstić information content (AvgIpc) is 2.54. The predicted octanol–water partition coefficient (Wildman–Crippen LogP) is 3.20. The minimum absolute atomic E-state index is 0.0880. The van der Waals surface area contributed by atoms with Crippen molar-refractivity contribution < 1.29 is 9.90 Å². The number of carbonyl (C=O) groups excluding carboxylic acids is 1. The number of urea groups is 1. The largest absolute Gasteiger partial charge is 0.393 e. The molecule has 1 aromatic rings. The normalized spacial score (nSPS) is 20.7. The van der Waals surface area contributed by atoms with Gasteiger partial charge in [-0.25, -0.2) is 4.79 Å². The SMILES string of the molecule is CC(C)Nc1cccc(CNC(=O)N(C)C[C@@H]2CCCC[C@H]2O)c1. The van der Waals surface area contributed by atoms with Crippen LogP contribution in [-0.4, -0.2) is 41.8 Å². The molecular weight excluding hydrogens is 302 g/mol. The number of benzene rings is 1. The van der Waals surface area contributed by atoms with Crippen LogP contribution in [0.15, 0.2) is 24.3 Å². The Labute approximate surface area is 145 Å². The van der Waals surface area contributed by atoms with Crippen molar-refractivity contribution in [3.63, 3.8) is 0 Å². The van der Waals surface area contributed by atoms with Crippen LogP contribution in [0.3, 0.4) is 0 Å². The van der Waals surface area contributed by atoms with Gasteiger partial charge in [0.25, 0.3) is 0 Å². The van der Waals surface area contributed by atoms with E-state index in [1.807, 2.05) is 18.2 Å². The monoisotopic (exact) mass is 333 g/mol. The molecule has 2 rings (SSSR count). The summed E-state index contributed by atoms with van der Waals surface area (Å²) in [4.78, 5) is 14.0. The molecule has 1 aromatic carbocycles. The standard InChI is InChI=1S/C19H31N3O2/c1-14(2)21-17-9-6-7-15(11-17)12-20-19(24)22(3)13-16-8-4-5-10-18(16)23/h6-7,9,11,14,16,18,21,23H,4-5,8,10,12-13H2,1-3H3,(H,20,24)/t16-,18+/m0/s1. The van der Waals surface area contributed by atoms with Gasteiger partial charge in [-0.2, -0.15) is 0 Å². The lowest BCUT2D eigenvalue weighted by atomic mass is 9.86. The van der Waals surface area contributed by atoms with Gasteiger partial charge in [-0.1, -0.05) is 25.0 Å². The maximum absolute atomic E-state index is 12.3. The van der Waals surface area contributed by atoms with E-state index in [9.17, 15) is 9.90 Å². The Morgan fingerprint density at radius 2 is 2.08 bits per heavy atom. The van der Waals surface area contributed by atoms with Crippen LogP contribution in [-0.2, 0) is 6.54 Å². The van der Waals surface area contributed by atoms with E-state index in [0.29, 0.717) is 19.1 Å². The number of anilines is 1. The van der Waals surface area contributed by atoms with Gasteiger partial charge in [-0.05, 0) is 44.4 Å². The highest BCUT2D eigenvalue weighted by Crippen LogP contribution is 2.24. The molecule has 0 spiro atoms. The zero-order valence-corrected chi connectivity index (χ0v) is 15.1. The topological polar surface area (TPSA) is 64.6 Å². The smallest absolute Gasteiger partial charge is 0.317 e. The van der Waals surface area contributed by atoms with Gasteiger partial charge in [0, 0.05) is 37.8 Å². The van der Waals surface area contributed by atoms with E-state index in [-0.39, 0.29) is 18.1 Å². The van der Waals surface area contributed by atoms with Crippen LogP contribution in [0.5, 0.6) is 0 Å². The second-order valence-corrected chi connectivity index (χ2v) is 7.15. The van der Waals surface area contributed by atoms with Crippen molar-refractivity contribution in [3.8, 4) is 0 Å². The molecule has 5 nitrogen and oxygen atoms in total. The van der Waals surface area contributed by atoms with E-state index in [1.54, 1.807) is 11.9 Å². The van der Waals surface area contributed by atoms with E-state index < -0.39 is 0 Å². The number of amides is 2. The summed E-state index contributed by atoms with van der Waals surface area (Å²) in [6.07, 6.45) is 3.83. The molecule has 2 amide bonds. The Morgan fingerprint density at radius 3 is 2.79 bits per heavy atom. The van der Waals surface area contributed by atoms with Crippen molar-refractivity contribution in [2.24, 2.45) is 5.92 Å². The second-order valence-electron chi connectivity index (χ2n) is 7.15. The van der Waals surface area contributed by atoms with Gasteiger partial charge in [-0.15, -0.1) is 0 Å². The van der Waals surface area contributed by atoms with Crippen LogP contribution >= 0.6 is 0 Å². The maximum atomic E-state index is 12.3. The Hall–Kier alpha value is -1.75. The summed E-state index contributed by atoms with van der Waals surface area (Å²) in [5.74, 6) is 0.202. The number of hydrogen-bond acceptors (Lipinski definition) is 3. The highest BCUT2D eigenvalue weighted by Gasteiger charge is 2.25. The molecule has 1 saturated carbocycles. The molecule has 3 N–H and O–H groups in total. The minimum Gasteiger partial charge on any atom is -0.393 e. The molecule has 0 aromatic heterocycles. The van der Waals surface area contributed by atoms with E-state index in [4.69, 9.17) is 0 Å². The number of aliphatic hydroxyl groups excluding tert-OH is 1. The molecule has 1 fully saturated rings. The highest BCUT2D eigenvalue weighted by atomic mass is 16.3. The molecule has 0 saturated heterocycles. The van der Waals surface area contributed by atoms with Gasteiger partial charge in [0.05, 0.1) is 6.10 Å². The minimum atomic E-state index is -0.271. The van der Waals surface area contributed by atoms with Crippen molar-refractivity contribution in [3.05, 3.63) is 29.8 Å². The van der Waals surface area contributed by atoms with Crippen molar-refractivity contribution in [2.75, 3.05) is 18.9 Å². The number of hydrogen-bond donors (Lipinski definition) is 3. The van der Waals surface area contributed by atoms with Crippen LogP contribution in [0.4, 0.5) is 10.5 Å². The van der Waals surface area contributed by atoms with Gasteiger partial charge < -0.3 is 20.6 Å². The summed E-state index contributed by atoms with van der Waals surface area (Å²) < 4.78 is 0. The Kier molecular flexibility index (Phi) is 6.91. The van der Waals surface area contributed by atoms with Crippen LogP contribution < -0.4 is 10.6 Å². The van der Waals surface area contributed by atoms with Crippen LogP contribution in [0.25, 0.3) is 0 Å². The summed E-state index contributed by atoms with van der Waals surface area (Å²) in [5.41, 5.74) is 2.13. The molecule has 134 valence electrons. The number of carbonyl (C=O) groups is 1. The molecule has 2 atom stereocenters. The molecule has 0 radical (unpaired) electrons. The van der Waals surface area contributed by atoms with E-state index >= 15 is 0 Å². The summed E-state index contributed by atoms with van der Waals surface area (Å²) in [6, 6.07) is 8.39. The predicted molar refractivity (Wildman–Crippen MR) is 98.0 cm³/mol. The van der Waals surface area contributed by atoms with Crippen molar-refractivity contribution in [1.82, 2.24) is 10.2 Å². The Morgan fingerprint density at radius 1 is 1.33 bits per heavy atom. The van der Waals surface area contributed by atoms with Gasteiger partial charge in [0.15, 0.2) is 0 Å². The number of nitrogens with one attached hydrogen (secondary N) is 2. The Bertz CT molecular complexity index is 533. The third-order valence-electron chi connectivity index (χ3n) is 4.55. The summed E-state index contributed by atoms with van der Waals surface area (Å²) in [5, 5.41) is 16.4. The van der Waals surface area contributed by atoms with Gasteiger partial charge in [0.1, 0.15) is 0 Å². The summed E-state index contributed by atoms with van der Waals surface area (Å²) >= 11 is 0. The van der Waals surface area contributed by atoms with Crippen molar-refractivity contribution in [2.45, 2.75) is 58.2 Å². The summed E-state index contributed by atoms with van der Waals surface area (Å²) in [6.45, 7) is 5.32. The van der Waals surface area contributed by atoms with Gasteiger partial charge in [0.2, 0.25) is 0 Å². The highest BCUT2D eigenvalue weighted by molar-refractivity contribution is 5.73. The molecule has 0 unspecified atom stereocenters. The zero-order valence-electron chi connectivity index (χ0n) is 15.1. The average molecular weight is 333 g/mol. The third kappa shape index (κ3) is 5.71. The van der Waals surface area contributed by atoms with Crippen LogP contribution in [0, 0.1) is 5.92 Å². The molecule has 5 heteroatoms. The fourth-order valence-electron chi connectivity index (χ4n) is 3.25. The van der Waals surface area contributed by atoms with Gasteiger partial charge in [-0.3, -0.25) is 0 Å². The van der Waals surface area contributed by atoms with Crippen LogP contribution in [0.2, 0.25) is 0 Å². The Balaban J connectivity index is 1.81. The quantitative estimate of drug-likeness (QED) is 0.749. The van der Waals surface area contributed by atoms with Crippen LogP contribution in [0.1, 0.15) is 45.1 Å². The first kappa shape index (κ1) is 18.6. The molecule has 24 heavy (non-hydrogen) atoms. The maximum Gasteiger partial charge on any atom is 0.317 e. The zero-order chi connectivity index (χ0) is 17.5. The molecular formula is C19H31N3O2. The first-order valence-corrected chi connectivity index (χ1v) is 8.98. The second kappa shape index (κ2) is 8.92. The molecule has 1 aliphatic carbocycles. The van der Waals surface area contributed by atoms with E-state index in [2.05, 4.69) is 30.5 Å². The first-order chi connectivity index (χ1) is 11.5. The molecule has 0 heterocycles. The molecule has 1 aliphatic rings. The molecule has 0 aliphatic heterocycles. The lowest BCUT2D eigenvalue weighted by molar-refractivity contribution is 0.0565. The number of nitrogens with zero attached hydrogens (tertiary/aromatic N) is 1. The lowest BCUT2D eigenvalue weighted by Crippen LogP contribution is -2.42. The number of aliphatic hydroxyl groups is 1. The number of rotatable bonds is 6. The molecule has 0 bridgehead atoms. The first-order valence-electron chi connectivity index (χ1n) is 8.98.